The fourth-order valence-electron chi connectivity index (χ4n) is 5.21. The maximum atomic E-state index is 16.1. The molecule has 1 aromatic carbocycles. The van der Waals surface area contributed by atoms with Crippen molar-refractivity contribution < 1.29 is 4.39 Å². The lowest BCUT2D eigenvalue weighted by Crippen LogP contribution is -2.29. The van der Waals surface area contributed by atoms with Crippen molar-refractivity contribution in [2.24, 2.45) is 0 Å². The third-order valence-electron chi connectivity index (χ3n) is 7.01. The number of nitrogens with one attached hydrogen (secondary N) is 2. The van der Waals surface area contributed by atoms with E-state index < -0.39 is 0 Å². The number of rotatable bonds is 5. The minimum Gasteiger partial charge on any atom is -0.336 e. The first-order valence-corrected chi connectivity index (χ1v) is 13.3. The van der Waals surface area contributed by atoms with Gasteiger partial charge in [-0.05, 0) is 67.2 Å². The van der Waals surface area contributed by atoms with Gasteiger partial charge in [0.05, 0.1) is 21.3 Å². The summed E-state index contributed by atoms with van der Waals surface area (Å²) in [5.74, 6) is 0.162. The number of benzene rings is 1. The molecule has 0 saturated carbocycles. The number of nitrogens with zero attached hydrogens (tertiary/aromatic N) is 5. The van der Waals surface area contributed by atoms with E-state index in [-0.39, 0.29) is 5.82 Å². The van der Waals surface area contributed by atoms with Crippen LogP contribution in [-0.2, 0) is 6.54 Å². The van der Waals surface area contributed by atoms with Crippen LogP contribution in [-0.4, -0.2) is 48.1 Å². The summed E-state index contributed by atoms with van der Waals surface area (Å²) < 4.78 is 16.1. The van der Waals surface area contributed by atoms with Gasteiger partial charge >= 0.3 is 0 Å². The molecule has 1 aliphatic heterocycles. The van der Waals surface area contributed by atoms with Gasteiger partial charge in [0, 0.05) is 36.3 Å². The number of thiophene rings is 1. The lowest BCUT2D eigenvalue weighted by Gasteiger charge is -2.26. The van der Waals surface area contributed by atoms with Crippen LogP contribution in [0.25, 0.3) is 55.2 Å². The molecule has 6 aromatic rings. The SMILES string of the molecule is Fc1c(-c2cncc(CN3CCCCC3)c2)ccc2[nH]nc(-c3nc4c(-c5cccs5)nccc4[nH]3)c12. The zero-order valence-corrected chi connectivity index (χ0v) is 20.9. The Kier molecular flexibility index (Phi) is 5.52. The molecule has 0 radical (unpaired) electrons. The van der Waals surface area contributed by atoms with E-state index in [1.807, 2.05) is 41.9 Å². The largest absolute Gasteiger partial charge is 0.336 e. The predicted octanol–water partition coefficient (Wildman–Crippen LogP) is 6.42. The first-order chi connectivity index (χ1) is 18.2. The highest BCUT2D eigenvalue weighted by Crippen LogP contribution is 2.35. The third-order valence-corrected chi connectivity index (χ3v) is 7.88. The van der Waals surface area contributed by atoms with Crippen LogP contribution >= 0.6 is 11.3 Å². The van der Waals surface area contributed by atoms with E-state index in [0.717, 1.165) is 52.4 Å². The van der Waals surface area contributed by atoms with Gasteiger partial charge in [-0.25, -0.2) is 9.37 Å². The van der Waals surface area contributed by atoms with Crippen LogP contribution in [0.5, 0.6) is 0 Å². The highest BCUT2D eigenvalue weighted by atomic mass is 32.1. The molecule has 0 bridgehead atoms. The van der Waals surface area contributed by atoms with Crippen LogP contribution < -0.4 is 0 Å². The molecule has 0 aliphatic carbocycles. The number of likely N-dealkylation sites (tertiary alicyclic amines) is 1. The van der Waals surface area contributed by atoms with E-state index in [0.29, 0.717) is 28.0 Å². The fourth-order valence-corrected chi connectivity index (χ4v) is 5.93. The van der Waals surface area contributed by atoms with Gasteiger partial charge in [-0.3, -0.25) is 20.0 Å². The Morgan fingerprint density at radius 2 is 1.92 bits per heavy atom. The van der Waals surface area contributed by atoms with E-state index in [1.165, 1.54) is 19.3 Å². The van der Waals surface area contributed by atoms with E-state index >= 15 is 4.39 Å². The van der Waals surface area contributed by atoms with Crippen molar-refractivity contribution in [3.05, 3.63) is 71.7 Å². The minimum atomic E-state index is -0.338. The molecule has 184 valence electrons. The van der Waals surface area contributed by atoms with Crippen molar-refractivity contribution in [3.63, 3.8) is 0 Å². The highest BCUT2D eigenvalue weighted by molar-refractivity contribution is 7.13. The first kappa shape index (κ1) is 22.3. The number of H-pyrrole nitrogens is 2. The van der Waals surface area contributed by atoms with Crippen LogP contribution in [0.4, 0.5) is 4.39 Å². The molecular weight excluding hydrogens is 485 g/mol. The zero-order chi connectivity index (χ0) is 24.8. The summed E-state index contributed by atoms with van der Waals surface area (Å²) in [5, 5.41) is 9.84. The van der Waals surface area contributed by atoms with Crippen molar-refractivity contribution in [3.8, 4) is 33.2 Å². The number of halogens is 1. The first-order valence-electron chi connectivity index (χ1n) is 12.5. The van der Waals surface area contributed by atoms with E-state index in [4.69, 9.17) is 4.98 Å². The van der Waals surface area contributed by atoms with Crippen molar-refractivity contribution in [1.29, 1.82) is 0 Å². The number of hydrogen-bond donors (Lipinski definition) is 2. The third kappa shape index (κ3) is 4.00. The van der Waals surface area contributed by atoms with E-state index in [2.05, 4.69) is 30.0 Å². The molecule has 0 amide bonds. The number of aromatic amines is 2. The molecule has 0 unspecified atom stereocenters. The molecule has 6 heterocycles. The lowest BCUT2D eigenvalue weighted by molar-refractivity contribution is 0.220. The normalized spacial score (nSPS) is 14.6. The molecule has 0 atom stereocenters. The second-order valence-electron chi connectivity index (χ2n) is 9.46. The molecule has 9 heteroatoms. The summed E-state index contributed by atoms with van der Waals surface area (Å²) in [5.41, 5.74) is 5.78. The second kappa shape index (κ2) is 9.17. The topological polar surface area (TPSA) is 86.4 Å². The standard InChI is InChI=1S/C28H24FN7S/c29-24-19(18-13-17(14-30-15-18)16-36-10-2-1-3-11-36)6-7-20-23(24)27(35-34-20)28-32-21-8-9-31-26(25(21)33-28)22-5-4-12-37-22/h4-9,12-15H,1-3,10-11,16H2,(H,32,33)(H,34,35). The molecule has 37 heavy (non-hydrogen) atoms. The van der Waals surface area contributed by atoms with Gasteiger partial charge in [0.2, 0.25) is 0 Å². The highest BCUT2D eigenvalue weighted by Gasteiger charge is 2.21. The number of hydrogen-bond acceptors (Lipinski definition) is 6. The Hall–Kier alpha value is -3.95. The van der Waals surface area contributed by atoms with E-state index in [1.54, 1.807) is 29.8 Å². The molecule has 2 N–H and O–H groups in total. The van der Waals surface area contributed by atoms with Crippen molar-refractivity contribution in [2.45, 2.75) is 25.8 Å². The summed E-state index contributed by atoms with van der Waals surface area (Å²) in [4.78, 5) is 20.6. The number of piperidine rings is 1. The summed E-state index contributed by atoms with van der Waals surface area (Å²) in [7, 11) is 0. The molecule has 1 fully saturated rings. The second-order valence-corrected chi connectivity index (χ2v) is 10.4. The van der Waals surface area contributed by atoms with Crippen LogP contribution in [0.2, 0.25) is 0 Å². The Labute approximate surface area is 216 Å². The van der Waals surface area contributed by atoms with Crippen LogP contribution in [0.1, 0.15) is 24.8 Å². The molecule has 0 spiro atoms. The van der Waals surface area contributed by atoms with Crippen LogP contribution in [0.3, 0.4) is 0 Å². The molecule has 7 rings (SSSR count). The number of imidazole rings is 1. The Bertz CT molecular complexity index is 1710. The molecule has 7 nitrogen and oxygen atoms in total. The Morgan fingerprint density at radius 1 is 1.00 bits per heavy atom. The minimum absolute atomic E-state index is 0.338. The summed E-state index contributed by atoms with van der Waals surface area (Å²) in [6, 6.07) is 11.6. The smallest absolute Gasteiger partial charge is 0.159 e. The van der Waals surface area contributed by atoms with Gasteiger partial charge in [-0.1, -0.05) is 12.5 Å². The van der Waals surface area contributed by atoms with E-state index in [9.17, 15) is 0 Å². The average molecular weight is 510 g/mol. The summed E-state index contributed by atoms with van der Waals surface area (Å²) >= 11 is 1.61. The lowest BCUT2D eigenvalue weighted by atomic mass is 10.0. The molecule has 1 saturated heterocycles. The van der Waals surface area contributed by atoms with Gasteiger partial charge in [-0.15, -0.1) is 11.3 Å². The molecule has 1 aliphatic rings. The van der Waals surface area contributed by atoms with Crippen LogP contribution in [0, 0.1) is 5.82 Å². The summed E-state index contributed by atoms with van der Waals surface area (Å²) in [6.07, 6.45) is 9.12. The maximum absolute atomic E-state index is 16.1. The number of pyridine rings is 2. The Morgan fingerprint density at radius 3 is 2.78 bits per heavy atom. The molecular formula is C28H24FN7S. The Balaban J connectivity index is 1.30. The fraction of sp³-hybridized carbons (Fsp3) is 0.214. The summed E-state index contributed by atoms with van der Waals surface area (Å²) in [6.45, 7) is 3.04. The quantitative estimate of drug-likeness (QED) is 0.280. The van der Waals surface area contributed by atoms with Gasteiger partial charge in [0.1, 0.15) is 22.7 Å². The number of aromatic nitrogens is 6. The van der Waals surface area contributed by atoms with Crippen LogP contribution in [0.15, 0.2) is 60.4 Å². The van der Waals surface area contributed by atoms with Gasteiger partial charge in [0.15, 0.2) is 5.82 Å². The van der Waals surface area contributed by atoms with Gasteiger partial charge < -0.3 is 4.98 Å². The zero-order valence-electron chi connectivity index (χ0n) is 20.0. The van der Waals surface area contributed by atoms with Gasteiger partial charge in [0.25, 0.3) is 0 Å². The van der Waals surface area contributed by atoms with Crippen molar-refractivity contribution in [1.82, 2.24) is 35.0 Å². The van der Waals surface area contributed by atoms with Gasteiger partial charge in [-0.2, -0.15) is 5.10 Å². The van der Waals surface area contributed by atoms with Crippen molar-refractivity contribution in [2.75, 3.05) is 13.1 Å². The number of fused-ring (bicyclic) bond motifs is 2. The maximum Gasteiger partial charge on any atom is 0.159 e. The molecule has 5 aromatic heterocycles. The predicted molar refractivity (Wildman–Crippen MR) is 145 cm³/mol. The monoisotopic (exact) mass is 509 g/mol. The average Bonchev–Trinajstić information content (AvgIpc) is 3.69. The van der Waals surface area contributed by atoms with Crippen molar-refractivity contribution >= 4 is 33.3 Å².